The number of nitrogens with one attached hydrogen (secondary N) is 1. The van der Waals surface area contributed by atoms with E-state index in [4.69, 9.17) is 9.47 Å². The first-order valence-corrected chi connectivity index (χ1v) is 13.3. The zero-order valence-electron chi connectivity index (χ0n) is 19.5. The van der Waals surface area contributed by atoms with Crippen LogP contribution in [0.2, 0.25) is 0 Å². The number of carbonyl (C=O) groups is 2. The van der Waals surface area contributed by atoms with Crippen molar-refractivity contribution in [3.05, 3.63) is 68.5 Å². The zero-order chi connectivity index (χ0) is 23.9. The molecule has 1 N–H and O–H groups in total. The summed E-state index contributed by atoms with van der Waals surface area (Å²) < 4.78 is 11.1. The van der Waals surface area contributed by atoms with Gasteiger partial charge in [-0.3, -0.25) is 9.59 Å². The Morgan fingerprint density at radius 3 is 2.44 bits per heavy atom. The van der Waals surface area contributed by atoms with E-state index >= 15 is 0 Å². The molecule has 1 aromatic carbocycles. The highest BCUT2D eigenvalue weighted by molar-refractivity contribution is 7.12. The van der Waals surface area contributed by atoms with E-state index in [9.17, 15) is 9.59 Å². The fraction of sp³-hybridized carbons (Fsp3) is 0.385. The molecule has 180 valence electrons. The normalized spacial score (nSPS) is 14.9. The second kappa shape index (κ2) is 11.5. The first-order chi connectivity index (χ1) is 16.6. The lowest BCUT2D eigenvalue weighted by molar-refractivity contribution is -0.127. The summed E-state index contributed by atoms with van der Waals surface area (Å²) in [6.07, 6.45) is 5.31. The van der Waals surface area contributed by atoms with Gasteiger partial charge in [0.25, 0.3) is 5.91 Å². The van der Waals surface area contributed by atoms with Crippen LogP contribution in [0.1, 0.15) is 58.3 Å². The maximum atomic E-state index is 13.9. The standard InChI is InChI=1S/C26H30N2O4S2/c1-31-19-12-13-22(32-2)21(16-19)24(25(29)27-18-8-4-3-5-9-18)28(17-20-10-6-14-33-20)26(30)23-11-7-15-34-23/h6-7,10-16,18,24H,3-5,8-9,17H2,1-2H3,(H,27,29). The summed E-state index contributed by atoms with van der Waals surface area (Å²) in [6, 6.07) is 12.2. The molecule has 0 aliphatic heterocycles. The Balaban J connectivity index is 1.79. The number of amides is 2. The molecule has 6 nitrogen and oxygen atoms in total. The number of rotatable bonds is 9. The Hall–Kier alpha value is -2.84. The van der Waals surface area contributed by atoms with Gasteiger partial charge in [0.2, 0.25) is 5.91 Å². The molecule has 1 fully saturated rings. The number of carbonyl (C=O) groups excluding carboxylic acids is 2. The van der Waals surface area contributed by atoms with E-state index in [2.05, 4.69) is 5.32 Å². The van der Waals surface area contributed by atoms with Crippen LogP contribution in [0.3, 0.4) is 0 Å². The third-order valence-corrected chi connectivity index (χ3v) is 7.86. The Labute approximate surface area is 208 Å². The molecule has 3 aromatic rings. The minimum Gasteiger partial charge on any atom is -0.497 e. The maximum Gasteiger partial charge on any atom is 0.265 e. The van der Waals surface area contributed by atoms with E-state index in [-0.39, 0.29) is 17.9 Å². The summed E-state index contributed by atoms with van der Waals surface area (Å²) in [5.74, 6) is 0.766. The Kier molecular flexibility index (Phi) is 8.24. The van der Waals surface area contributed by atoms with Crippen LogP contribution in [0.15, 0.2) is 53.2 Å². The van der Waals surface area contributed by atoms with E-state index < -0.39 is 6.04 Å². The number of hydrogen-bond donors (Lipinski definition) is 1. The molecule has 1 unspecified atom stereocenters. The van der Waals surface area contributed by atoms with Crippen LogP contribution < -0.4 is 14.8 Å². The van der Waals surface area contributed by atoms with Gasteiger partial charge in [0, 0.05) is 16.5 Å². The highest BCUT2D eigenvalue weighted by Gasteiger charge is 2.36. The summed E-state index contributed by atoms with van der Waals surface area (Å²) in [7, 11) is 3.16. The molecule has 0 radical (unpaired) electrons. The topological polar surface area (TPSA) is 67.9 Å². The quantitative estimate of drug-likeness (QED) is 0.413. The number of ether oxygens (including phenoxy) is 2. The summed E-state index contributed by atoms with van der Waals surface area (Å²) in [6.45, 7) is 0.317. The fourth-order valence-corrected chi connectivity index (χ4v) is 5.81. The van der Waals surface area contributed by atoms with Crippen LogP contribution in [0.5, 0.6) is 11.5 Å². The van der Waals surface area contributed by atoms with Gasteiger partial charge in [0.1, 0.15) is 17.5 Å². The number of nitrogens with zero attached hydrogens (tertiary/aromatic N) is 1. The van der Waals surface area contributed by atoms with E-state index in [1.807, 2.05) is 29.0 Å². The summed E-state index contributed by atoms with van der Waals surface area (Å²) in [5.41, 5.74) is 0.608. The maximum absolute atomic E-state index is 13.9. The minimum absolute atomic E-state index is 0.112. The lowest BCUT2D eigenvalue weighted by atomic mass is 9.94. The van der Waals surface area contributed by atoms with Gasteiger partial charge in [-0.05, 0) is 53.9 Å². The lowest BCUT2D eigenvalue weighted by Crippen LogP contribution is -2.46. The molecule has 2 aromatic heterocycles. The molecule has 0 spiro atoms. The predicted molar refractivity (Wildman–Crippen MR) is 136 cm³/mol. The molecule has 2 amide bonds. The number of thiophene rings is 2. The molecule has 0 bridgehead atoms. The van der Waals surface area contributed by atoms with E-state index in [1.165, 1.54) is 17.8 Å². The van der Waals surface area contributed by atoms with Gasteiger partial charge in [-0.25, -0.2) is 0 Å². The second-order valence-corrected chi connectivity index (χ2v) is 10.3. The Bertz CT molecular complexity index is 1080. The third kappa shape index (κ3) is 5.62. The van der Waals surface area contributed by atoms with Crippen molar-refractivity contribution in [2.24, 2.45) is 0 Å². The number of hydrogen-bond acceptors (Lipinski definition) is 6. The molecular formula is C26H30N2O4S2. The Morgan fingerprint density at radius 1 is 1.03 bits per heavy atom. The average molecular weight is 499 g/mol. The summed E-state index contributed by atoms with van der Waals surface area (Å²) in [4.78, 5) is 31.0. The lowest BCUT2D eigenvalue weighted by Gasteiger charge is -2.33. The number of methoxy groups -OCH3 is 2. The van der Waals surface area contributed by atoms with Crippen LogP contribution in [0.25, 0.3) is 0 Å². The van der Waals surface area contributed by atoms with Gasteiger partial charge in [-0.15, -0.1) is 22.7 Å². The molecular weight excluding hydrogens is 468 g/mol. The largest absolute Gasteiger partial charge is 0.497 e. The van der Waals surface area contributed by atoms with Crippen LogP contribution in [-0.4, -0.2) is 37.0 Å². The molecule has 2 heterocycles. The SMILES string of the molecule is COc1ccc(OC)c(C(C(=O)NC2CCCCC2)N(Cc2cccs2)C(=O)c2cccs2)c1. The van der Waals surface area contributed by atoms with Crippen LogP contribution in [0.4, 0.5) is 0 Å². The molecule has 1 saturated carbocycles. The smallest absolute Gasteiger partial charge is 0.265 e. The van der Waals surface area contributed by atoms with Gasteiger partial charge in [0.05, 0.1) is 25.6 Å². The summed E-state index contributed by atoms with van der Waals surface area (Å²) in [5, 5.41) is 7.10. The monoisotopic (exact) mass is 498 g/mol. The van der Waals surface area contributed by atoms with Gasteiger partial charge < -0.3 is 19.7 Å². The number of benzene rings is 1. The van der Waals surface area contributed by atoms with Crippen molar-refractivity contribution in [2.45, 2.75) is 50.7 Å². The molecule has 8 heteroatoms. The van der Waals surface area contributed by atoms with Crippen LogP contribution >= 0.6 is 22.7 Å². The predicted octanol–water partition coefficient (Wildman–Crippen LogP) is 5.66. The molecule has 34 heavy (non-hydrogen) atoms. The summed E-state index contributed by atoms with van der Waals surface area (Å²) >= 11 is 2.94. The van der Waals surface area contributed by atoms with Crippen molar-refractivity contribution in [2.75, 3.05) is 14.2 Å². The van der Waals surface area contributed by atoms with Gasteiger partial charge in [-0.2, -0.15) is 0 Å². The molecule has 1 aliphatic rings. The Morgan fingerprint density at radius 2 is 1.79 bits per heavy atom. The average Bonchev–Trinajstić information content (AvgIpc) is 3.58. The zero-order valence-corrected chi connectivity index (χ0v) is 21.1. The molecule has 4 rings (SSSR count). The first-order valence-electron chi connectivity index (χ1n) is 11.5. The van der Waals surface area contributed by atoms with Gasteiger partial charge >= 0.3 is 0 Å². The fourth-order valence-electron chi connectivity index (χ4n) is 4.42. The van der Waals surface area contributed by atoms with Gasteiger partial charge in [0.15, 0.2) is 0 Å². The van der Waals surface area contributed by atoms with Crippen molar-refractivity contribution in [1.82, 2.24) is 10.2 Å². The van der Waals surface area contributed by atoms with Crippen molar-refractivity contribution in [1.29, 1.82) is 0 Å². The highest BCUT2D eigenvalue weighted by atomic mass is 32.1. The highest BCUT2D eigenvalue weighted by Crippen LogP contribution is 2.36. The second-order valence-electron chi connectivity index (χ2n) is 8.34. The van der Waals surface area contributed by atoms with E-state index in [1.54, 1.807) is 54.7 Å². The first kappa shape index (κ1) is 24.3. The van der Waals surface area contributed by atoms with Crippen molar-refractivity contribution in [3.8, 4) is 11.5 Å². The molecule has 0 saturated heterocycles. The van der Waals surface area contributed by atoms with Crippen molar-refractivity contribution >= 4 is 34.5 Å². The van der Waals surface area contributed by atoms with E-state index in [0.717, 1.165) is 30.6 Å². The van der Waals surface area contributed by atoms with Crippen molar-refractivity contribution < 1.29 is 19.1 Å². The van der Waals surface area contributed by atoms with E-state index in [0.29, 0.717) is 28.5 Å². The van der Waals surface area contributed by atoms with Gasteiger partial charge in [-0.1, -0.05) is 31.4 Å². The van der Waals surface area contributed by atoms with Crippen LogP contribution in [0, 0.1) is 0 Å². The molecule has 1 aliphatic carbocycles. The van der Waals surface area contributed by atoms with Crippen LogP contribution in [-0.2, 0) is 11.3 Å². The van der Waals surface area contributed by atoms with Crippen molar-refractivity contribution in [3.63, 3.8) is 0 Å². The minimum atomic E-state index is -0.872. The molecule has 1 atom stereocenters. The third-order valence-electron chi connectivity index (χ3n) is 6.14.